The summed E-state index contributed by atoms with van der Waals surface area (Å²) in [7, 11) is 0. The summed E-state index contributed by atoms with van der Waals surface area (Å²) in [6.07, 6.45) is 3.70. The van der Waals surface area contributed by atoms with E-state index in [9.17, 15) is 4.39 Å². The van der Waals surface area contributed by atoms with Crippen LogP contribution in [0.2, 0.25) is 0 Å². The minimum atomic E-state index is -0.102. The quantitative estimate of drug-likeness (QED) is 0.646. The Bertz CT molecular complexity index is 273. The SMILES string of the molecule is CCC(Cl)CCCc1ccccc1F. The van der Waals surface area contributed by atoms with Crippen LogP contribution >= 0.6 is 11.6 Å². The molecule has 1 rings (SSSR count). The number of alkyl halides is 1. The molecule has 0 N–H and O–H groups in total. The van der Waals surface area contributed by atoms with E-state index < -0.39 is 0 Å². The summed E-state index contributed by atoms with van der Waals surface area (Å²) in [5.74, 6) is -0.102. The second-order valence-electron chi connectivity index (χ2n) is 3.49. The second-order valence-corrected chi connectivity index (χ2v) is 4.11. The van der Waals surface area contributed by atoms with Crippen molar-refractivity contribution in [3.8, 4) is 0 Å². The van der Waals surface area contributed by atoms with Gasteiger partial charge in [-0.1, -0.05) is 25.1 Å². The molecule has 14 heavy (non-hydrogen) atoms. The van der Waals surface area contributed by atoms with E-state index in [2.05, 4.69) is 6.92 Å². The Morgan fingerprint density at radius 3 is 2.71 bits per heavy atom. The molecule has 0 amide bonds. The van der Waals surface area contributed by atoms with Crippen molar-refractivity contribution in [2.75, 3.05) is 0 Å². The molecule has 0 spiro atoms. The second kappa shape index (κ2) is 6.02. The number of rotatable bonds is 5. The fraction of sp³-hybridized carbons (Fsp3) is 0.500. The van der Waals surface area contributed by atoms with E-state index >= 15 is 0 Å². The third-order valence-corrected chi connectivity index (χ3v) is 2.89. The van der Waals surface area contributed by atoms with E-state index in [-0.39, 0.29) is 11.2 Å². The summed E-state index contributed by atoms with van der Waals surface area (Å²) in [5, 5.41) is 0.238. The van der Waals surface area contributed by atoms with Gasteiger partial charge in [0.2, 0.25) is 0 Å². The summed E-state index contributed by atoms with van der Waals surface area (Å²) in [5.41, 5.74) is 0.799. The molecule has 0 saturated carbocycles. The van der Waals surface area contributed by atoms with Crippen LogP contribution in [0.25, 0.3) is 0 Å². The molecule has 78 valence electrons. The molecule has 1 atom stereocenters. The van der Waals surface area contributed by atoms with Crippen molar-refractivity contribution >= 4 is 11.6 Å². The predicted molar refractivity (Wildman–Crippen MR) is 59.3 cm³/mol. The van der Waals surface area contributed by atoms with Crippen LogP contribution in [0.15, 0.2) is 24.3 Å². The van der Waals surface area contributed by atoms with Crippen LogP contribution in [-0.4, -0.2) is 5.38 Å². The standard InChI is InChI=1S/C12H16ClF/c1-2-11(13)8-5-7-10-6-3-4-9-12(10)14/h3-4,6,9,11H,2,5,7-8H2,1H3. The van der Waals surface area contributed by atoms with E-state index in [0.717, 1.165) is 31.2 Å². The lowest BCUT2D eigenvalue weighted by Crippen LogP contribution is -1.98. The van der Waals surface area contributed by atoms with Crippen LogP contribution in [0.5, 0.6) is 0 Å². The van der Waals surface area contributed by atoms with Gasteiger partial charge in [0.05, 0.1) is 0 Å². The first kappa shape index (κ1) is 11.5. The first-order valence-electron chi connectivity index (χ1n) is 5.11. The van der Waals surface area contributed by atoms with Crippen LogP contribution in [0.3, 0.4) is 0 Å². The Kier molecular flexibility index (Phi) is 4.95. The summed E-state index contributed by atoms with van der Waals surface area (Å²) in [4.78, 5) is 0. The van der Waals surface area contributed by atoms with Gasteiger partial charge in [0.1, 0.15) is 5.82 Å². The first-order valence-corrected chi connectivity index (χ1v) is 5.55. The lowest BCUT2D eigenvalue weighted by Gasteiger charge is -2.06. The van der Waals surface area contributed by atoms with Gasteiger partial charge >= 0.3 is 0 Å². The zero-order valence-electron chi connectivity index (χ0n) is 8.47. The normalized spacial score (nSPS) is 12.8. The lowest BCUT2D eigenvalue weighted by atomic mass is 10.1. The van der Waals surface area contributed by atoms with Crippen LogP contribution in [0, 0.1) is 5.82 Å². The molecule has 0 fully saturated rings. The van der Waals surface area contributed by atoms with Gasteiger partial charge in [-0.25, -0.2) is 4.39 Å². The molecular formula is C12H16ClF. The molecule has 0 saturated heterocycles. The van der Waals surface area contributed by atoms with Crippen molar-refractivity contribution in [2.45, 2.75) is 38.0 Å². The van der Waals surface area contributed by atoms with Gasteiger partial charge in [0, 0.05) is 5.38 Å². The number of hydrogen-bond acceptors (Lipinski definition) is 0. The summed E-state index contributed by atoms with van der Waals surface area (Å²) < 4.78 is 13.2. The highest BCUT2D eigenvalue weighted by Crippen LogP contribution is 2.14. The van der Waals surface area contributed by atoms with Crippen molar-refractivity contribution in [2.24, 2.45) is 0 Å². The van der Waals surface area contributed by atoms with E-state index in [1.54, 1.807) is 6.07 Å². The lowest BCUT2D eigenvalue weighted by molar-refractivity contribution is 0.595. The van der Waals surface area contributed by atoms with E-state index in [1.807, 2.05) is 12.1 Å². The number of aryl methyl sites for hydroxylation is 1. The van der Waals surface area contributed by atoms with E-state index in [0.29, 0.717) is 0 Å². The Hall–Kier alpha value is -0.560. The molecule has 1 aromatic rings. The van der Waals surface area contributed by atoms with Gasteiger partial charge in [-0.05, 0) is 37.3 Å². The average molecular weight is 215 g/mol. The number of hydrogen-bond donors (Lipinski definition) is 0. The van der Waals surface area contributed by atoms with Crippen LogP contribution in [0.4, 0.5) is 4.39 Å². The first-order chi connectivity index (χ1) is 6.74. The Balaban J connectivity index is 2.35. The Morgan fingerprint density at radius 1 is 1.36 bits per heavy atom. The van der Waals surface area contributed by atoms with Crippen LogP contribution < -0.4 is 0 Å². The summed E-state index contributed by atoms with van der Waals surface area (Å²) in [6.45, 7) is 2.07. The third kappa shape index (κ3) is 3.67. The molecule has 0 nitrogen and oxygen atoms in total. The molecule has 0 radical (unpaired) electrons. The monoisotopic (exact) mass is 214 g/mol. The van der Waals surface area contributed by atoms with Gasteiger partial charge in [0.15, 0.2) is 0 Å². The molecule has 0 aromatic heterocycles. The number of benzene rings is 1. The average Bonchev–Trinajstić information content (AvgIpc) is 2.20. The molecule has 0 aliphatic rings. The molecular weight excluding hydrogens is 199 g/mol. The largest absolute Gasteiger partial charge is 0.207 e. The van der Waals surface area contributed by atoms with Gasteiger partial charge in [-0.2, -0.15) is 0 Å². The van der Waals surface area contributed by atoms with E-state index in [1.165, 1.54) is 6.07 Å². The Morgan fingerprint density at radius 2 is 2.07 bits per heavy atom. The summed E-state index contributed by atoms with van der Waals surface area (Å²) in [6, 6.07) is 6.93. The van der Waals surface area contributed by atoms with Crippen molar-refractivity contribution in [1.82, 2.24) is 0 Å². The van der Waals surface area contributed by atoms with Crippen LogP contribution in [-0.2, 0) is 6.42 Å². The topological polar surface area (TPSA) is 0 Å². The molecule has 0 aliphatic heterocycles. The molecule has 1 aromatic carbocycles. The number of halogens is 2. The van der Waals surface area contributed by atoms with Gasteiger partial charge < -0.3 is 0 Å². The maximum absolute atomic E-state index is 13.2. The predicted octanol–water partition coefficient (Wildman–Crippen LogP) is 4.17. The van der Waals surface area contributed by atoms with Crippen molar-refractivity contribution in [3.05, 3.63) is 35.6 Å². The minimum Gasteiger partial charge on any atom is -0.207 e. The maximum atomic E-state index is 13.2. The summed E-state index contributed by atoms with van der Waals surface area (Å²) >= 11 is 5.98. The fourth-order valence-electron chi connectivity index (χ4n) is 1.42. The highest BCUT2D eigenvalue weighted by molar-refractivity contribution is 6.20. The van der Waals surface area contributed by atoms with Crippen molar-refractivity contribution in [3.63, 3.8) is 0 Å². The Labute approximate surface area is 90.1 Å². The molecule has 0 bridgehead atoms. The highest BCUT2D eigenvalue weighted by Gasteiger charge is 2.03. The van der Waals surface area contributed by atoms with Crippen LogP contribution in [0.1, 0.15) is 31.7 Å². The highest BCUT2D eigenvalue weighted by atomic mass is 35.5. The van der Waals surface area contributed by atoms with E-state index in [4.69, 9.17) is 11.6 Å². The minimum absolute atomic E-state index is 0.102. The smallest absolute Gasteiger partial charge is 0.126 e. The fourth-order valence-corrected chi connectivity index (χ4v) is 1.57. The molecule has 0 aliphatic carbocycles. The van der Waals surface area contributed by atoms with Gasteiger partial charge in [0.25, 0.3) is 0 Å². The zero-order chi connectivity index (χ0) is 10.4. The van der Waals surface area contributed by atoms with Crippen molar-refractivity contribution < 1.29 is 4.39 Å². The zero-order valence-corrected chi connectivity index (χ0v) is 9.23. The van der Waals surface area contributed by atoms with Crippen molar-refractivity contribution in [1.29, 1.82) is 0 Å². The van der Waals surface area contributed by atoms with Gasteiger partial charge in [-0.3, -0.25) is 0 Å². The third-order valence-electron chi connectivity index (χ3n) is 2.36. The van der Waals surface area contributed by atoms with Gasteiger partial charge in [-0.15, -0.1) is 11.6 Å². The molecule has 0 heterocycles. The molecule has 1 unspecified atom stereocenters. The maximum Gasteiger partial charge on any atom is 0.126 e. The molecule has 2 heteroatoms.